The van der Waals surface area contributed by atoms with Gasteiger partial charge in [0.2, 0.25) is 0 Å². The van der Waals surface area contributed by atoms with Gasteiger partial charge in [-0.3, -0.25) is 4.79 Å². The van der Waals surface area contributed by atoms with Gasteiger partial charge in [-0.15, -0.1) is 0 Å². The van der Waals surface area contributed by atoms with Crippen LogP contribution in [0.3, 0.4) is 0 Å². The highest BCUT2D eigenvalue weighted by Gasteiger charge is 2.18. The summed E-state index contributed by atoms with van der Waals surface area (Å²) in [6.45, 7) is 3.61. The molecule has 26 heavy (non-hydrogen) atoms. The number of carbonyl (C=O) groups excluding carboxylic acids is 1. The molecule has 0 fully saturated rings. The van der Waals surface area contributed by atoms with E-state index in [4.69, 9.17) is 18.9 Å². The molecule has 0 spiro atoms. The Morgan fingerprint density at radius 3 is 2.04 bits per heavy atom. The molecule has 140 valence electrons. The topological polar surface area (TPSA) is 66.0 Å². The third-order valence-corrected chi connectivity index (χ3v) is 4.01. The van der Waals surface area contributed by atoms with E-state index in [0.717, 1.165) is 11.3 Å². The summed E-state index contributed by atoms with van der Waals surface area (Å²) in [7, 11) is 4.76. The molecular formula is C20H25NO5. The van der Waals surface area contributed by atoms with Crippen LogP contribution in [-0.4, -0.2) is 33.3 Å². The number of amides is 1. The van der Waals surface area contributed by atoms with Gasteiger partial charge in [0.1, 0.15) is 11.5 Å². The monoisotopic (exact) mass is 359 g/mol. The second kappa shape index (κ2) is 8.99. The Bertz CT molecular complexity index is 729. The summed E-state index contributed by atoms with van der Waals surface area (Å²) in [5.74, 6) is 2.39. The molecule has 0 aliphatic heterocycles. The summed E-state index contributed by atoms with van der Waals surface area (Å²) in [6.07, 6.45) is -0.633. The number of hydrogen-bond acceptors (Lipinski definition) is 5. The molecule has 6 heteroatoms. The van der Waals surface area contributed by atoms with E-state index in [1.807, 2.05) is 25.1 Å². The molecule has 0 bridgehead atoms. The SMILES string of the molecule is COc1ccc(O[C@H](C)C(=O)N[C@@H](C)c2ccc(OC)c(OC)c2)cc1. The predicted octanol–water partition coefficient (Wildman–Crippen LogP) is 3.36. The maximum absolute atomic E-state index is 12.4. The maximum atomic E-state index is 12.4. The summed E-state index contributed by atoms with van der Waals surface area (Å²) >= 11 is 0. The van der Waals surface area contributed by atoms with Gasteiger partial charge in [-0.1, -0.05) is 6.07 Å². The first-order chi connectivity index (χ1) is 12.5. The van der Waals surface area contributed by atoms with E-state index >= 15 is 0 Å². The molecule has 0 aliphatic carbocycles. The lowest BCUT2D eigenvalue weighted by molar-refractivity contribution is -0.127. The van der Waals surface area contributed by atoms with Crippen LogP contribution in [0.4, 0.5) is 0 Å². The number of ether oxygens (including phenoxy) is 4. The largest absolute Gasteiger partial charge is 0.497 e. The van der Waals surface area contributed by atoms with Gasteiger partial charge in [-0.05, 0) is 55.8 Å². The van der Waals surface area contributed by atoms with Crippen molar-refractivity contribution < 1.29 is 23.7 Å². The summed E-state index contributed by atoms with van der Waals surface area (Å²) in [4.78, 5) is 12.4. The van der Waals surface area contributed by atoms with E-state index in [-0.39, 0.29) is 11.9 Å². The normalized spacial score (nSPS) is 12.7. The van der Waals surface area contributed by atoms with Crippen LogP contribution >= 0.6 is 0 Å². The minimum atomic E-state index is -0.633. The molecule has 1 amide bonds. The van der Waals surface area contributed by atoms with E-state index in [9.17, 15) is 4.79 Å². The number of benzene rings is 2. The van der Waals surface area contributed by atoms with Crippen molar-refractivity contribution in [1.82, 2.24) is 5.32 Å². The molecule has 0 saturated heterocycles. The average Bonchev–Trinajstić information content (AvgIpc) is 2.67. The fourth-order valence-electron chi connectivity index (χ4n) is 2.45. The highest BCUT2D eigenvalue weighted by Crippen LogP contribution is 2.30. The van der Waals surface area contributed by atoms with E-state index in [1.165, 1.54) is 0 Å². The quantitative estimate of drug-likeness (QED) is 0.783. The molecule has 0 aliphatic rings. The molecule has 2 rings (SSSR count). The first-order valence-electron chi connectivity index (χ1n) is 8.31. The summed E-state index contributed by atoms with van der Waals surface area (Å²) in [5.41, 5.74) is 0.910. The van der Waals surface area contributed by atoms with Crippen LogP contribution in [0.25, 0.3) is 0 Å². The highest BCUT2D eigenvalue weighted by atomic mass is 16.5. The van der Waals surface area contributed by atoms with Crippen molar-refractivity contribution in [3.63, 3.8) is 0 Å². The summed E-state index contributed by atoms with van der Waals surface area (Å²) in [6, 6.07) is 12.4. The Morgan fingerprint density at radius 2 is 1.46 bits per heavy atom. The minimum absolute atomic E-state index is 0.204. The van der Waals surface area contributed by atoms with Crippen LogP contribution in [0.2, 0.25) is 0 Å². The molecular weight excluding hydrogens is 334 g/mol. The molecule has 0 radical (unpaired) electrons. The van der Waals surface area contributed by atoms with Crippen LogP contribution in [0.5, 0.6) is 23.0 Å². The van der Waals surface area contributed by atoms with Gasteiger partial charge in [-0.25, -0.2) is 0 Å². The zero-order valence-electron chi connectivity index (χ0n) is 15.7. The molecule has 0 heterocycles. The maximum Gasteiger partial charge on any atom is 0.261 e. The van der Waals surface area contributed by atoms with Crippen molar-refractivity contribution in [3.8, 4) is 23.0 Å². The van der Waals surface area contributed by atoms with Crippen LogP contribution in [0.15, 0.2) is 42.5 Å². The number of carbonyl (C=O) groups is 1. The molecule has 2 aromatic rings. The minimum Gasteiger partial charge on any atom is -0.497 e. The van der Waals surface area contributed by atoms with Crippen LogP contribution in [0.1, 0.15) is 25.5 Å². The predicted molar refractivity (Wildman–Crippen MR) is 99.2 cm³/mol. The summed E-state index contributed by atoms with van der Waals surface area (Å²) < 4.78 is 21.3. The lowest BCUT2D eigenvalue weighted by atomic mass is 10.1. The van der Waals surface area contributed by atoms with Gasteiger partial charge >= 0.3 is 0 Å². The molecule has 0 aromatic heterocycles. The zero-order chi connectivity index (χ0) is 19.1. The van der Waals surface area contributed by atoms with Crippen LogP contribution in [0, 0.1) is 0 Å². The fraction of sp³-hybridized carbons (Fsp3) is 0.350. The van der Waals surface area contributed by atoms with Gasteiger partial charge in [0.15, 0.2) is 17.6 Å². The van der Waals surface area contributed by atoms with Gasteiger partial charge in [-0.2, -0.15) is 0 Å². The molecule has 0 saturated carbocycles. The second-order valence-electron chi connectivity index (χ2n) is 5.78. The van der Waals surface area contributed by atoms with Crippen molar-refractivity contribution in [1.29, 1.82) is 0 Å². The first kappa shape index (κ1) is 19.4. The van der Waals surface area contributed by atoms with Gasteiger partial charge < -0.3 is 24.3 Å². The van der Waals surface area contributed by atoms with Gasteiger partial charge in [0.05, 0.1) is 27.4 Å². The Labute approximate surface area is 154 Å². The van der Waals surface area contributed by atoms with E-state index in [2.05, 4.69) is 5.32 Å². The number of methoxy groups -OCH3 is 3. The lowest BCUT2D eigenvalue weighted by Gasteiger charge is -2.20. The third kappa shape index (κ3) is 4.81. The molecule has 2 aromatic carbocycles. The second-order valence-corrected chi connectivity index (χ2v) is 5.78. The van der Waals surface area contributed by atoms with E-state index in [0.29, 0.717) is 17.2 Å². The van der Waals surface area contributed by atoms with Gasteiger partial charge in [0, 0.05) is 0 Å². The Hall–Kier alpha value is -2.89. The van der Waals surface area contributed by atoms with Gasteiger partial charge in [0.25, 0.3) is 5.91 Å². The van der Waals surface area contributed by atoms with Crippen LogP contribution < -0.4 is 24.3 Å². The molecule has 6 nitrogen and oxygen atoms in total. The number of rotatable bonds is 8. The van der Waals surface area contributed by atoms with Crippen molar-refractivity contribution in [2.45, 2.75) is 26.0 Å². The average molecular weight is 359 g/mol. The Kier molecular flexibility index (Phi) is 6.72. The third-order valence-electron chi connectivity index (χ3n) is 4.01. The smallest absolute Gasteiger partial charge is 0.261 e. The fourth-order valence-corrected chi connectivity index (χ4v) is 2.45. The van der Waals surface area contributed by atoms with Crippen molar-refractivity contribution >= 4 is 5.91 Å². The highest BCUT2D eigenvalue weighted by molar-refractivity contribution is 5.81. The Balaban J connectivity index is 1.98. The van der Waals surface area contributed by atoms with E-state index < -0.39 is 6.10 Å². The summed E-state index contributed by atoms with van der Waals surface area (Å²) in [5, 5.41) is 2.94. The standard InChI is InChI=1S/C20H25NO5/c1-13(15-6-11-18(24-4)19(12-15)25-5)21-20(22)14(2)26-17-9-7-16(23-3)8-10-17/h6-14H,1-5H3,(H,21,22)/t13-,14+/m0/s1. The van der Waals surface area contributed by atoms with Crippen LogP contribution in [-0.2, 0) is 4.79 Å². The van der Waals surface area contributed by atoms with Crippen molar-refractivity contribution in [2.24, 2.45) is 0 Å². The van der Waals surface area contributed by atoms with Crippen molar-refractivity contribution in [2.75, 3.05) is 21.3 Å². The number of hydrogen-bond donors (Lipinski definition) is 1. The Morgan fingerprint density at radius 1 is 0.846 bits per heavy atom. The molecule has 0 unspecified atom stereocenters. The molecule has 2 atom stereocenters. The first-order valence-corrected chi connectivity index (χ1v) is 8.31. The lowest BCUT2D eigenvalue weighted by Crippen LogP contribution is -2.37. The van der Waals surface area contributed by atoms with E-state index in [1.54, 1.807) is 52.5 Å². The molecule has 1 N–H and O–H groups in total. The number of nitrogens with one attached hydrogen (secondary N) is 1. The van der Waals surface area contributed by atoms with Crippen molar-refractivity contribution in [3.05, 3.63) is 48.0 Å². The zero-order valence-corrected chi connectivity index (χ0v) is 15.7.